The first-order valence-electron chi connectivity index (χ1n) is 14.5. The number of carbonyl (C=O) groups is 3. The second-order valence-electron chi connectivity index (χ2n) is 10.7. The highest BCUT2D eigenvalue weighted by Gasteiger charge is 2.36. The number of anilines is 1. The summed E-state index contributed by atoms with van der Waals surface area (Å²) in [5.74, 6) is -0.656. The summed E-state index contributed by atoms with van der Waals surface area (Å²) in [4.78, 5) is 45.4. The molecule has 2 saturated heterocycles. The SMILES string of the molecule is CCc1ccccc1NC(=O)C[C@H]1C(=O)NCCN1C(=O)CN1CCN(C(c2ccccc2)c2ccccc2)CC1. The highest BCUT2D eigenvalue weighted by Crippen LogP contribution is 2.29. The van der Waals surface area contributed by atoms with Gasteiger partial charge in [0, 0.05) is 45.0 Å². The fourth-order valence-corrected chi connectivity index (χ4v) is 5.89. The summed E-state index contributed by atoms with van der Waals surface area (Å²) in [6, 6.07) is 28.1. The number of amides is 3. The number of aryl methyl sites for hydroxylation is 1. The number of nitrogens with zero attached hydrogens (tertiary/aromatic N) is 3. The van der Waals surface area contributed by atoms with E-state index in [1.807, 2.05) is 43.3 Å². The van der Waals surface area contributed by atoms with E-state index in [9.17, 15) is 14.4 Å². The molecule has 2 fully saturated rings. The van der Waals surface area contributed by atoms with Gasteiger partial charge in [0.05, 0.1) is 19.0 Å². The van der Waals surface area contributed by atoms with Crippen molar-refractivity contribution in [1.29, 1.82) is 0 Å². The van der Waals surface area contributed by atoms with E-state index >= 15 is 0 Å². The largest absolute Gasteiger partial charge is 0.353 e. The first-order chi connectivity index (χ1) is 20.0. The number of piperazine rings is 2. The maximum absolute atomic E-state index is 13.5. The Morgan fingerprint density at radius 3 is 2.10 bits per heavy atom. The fraction of sp³-hybridized carbons (Fsp3) is 0.364. The number of rotatable bonds is 9. The molecule has 2 aliphatic rings. The molecule has 8 heteroatoms. The third-order valence-corrected chi connectivity index (χ3v) is 8.06. The minimum Gasteiger partial charge on any atom is -0.353 e. The molecule has 3 aromatic carbocycles. The zero-order valence-corrected chi connectivity index (χ0v) is 23.7. The number of hydrogen-bond donors (Lipinski definition) is 2. The van der Waals surface area contributed by atoms with Gasteiger partial charge in [0.25, 0.3) is 0 Å². The number of nitrogens with one attached hydrogen (secondary N) is 2. The van der Waals surface area contributed by atoms with Crippen molar-refractivity contribution in [3.8, 4) is 0 Å². The standard InChI is InChI=1S/C33H39N5O3/c1-2-25-11-9-10-16-28(25)35-30(39)23-29-33(41)34-17-18-38(29)31(40)24-36-19-21-37(22-20-36)32(26-12-5-3-6-13-26)27-14-7-4-8-15-27/h3-16,29,32H,2,17-24H2,1H3,(H,34,41)(H,35,39)/t29-/m0/s1. The second kappa shape index (κ2) is 13.6. The van der Waals surface area contributed by atoms with Crippen molar-refractivity contribution in [2.24, 2.45) is 0 Å². The van der Waals surface area contributed by atoms with Crippen LogP contribution in [-0.4, -0.2) is 84.3 Å². The molecule has 0 aromatic heterocycles. The van der Waals surface area contributed by atoms with Gasteiger partial charge in [-0.15, -0.1) is 0 Å². The average molecular weight is 554 g/mol. The molecule has 3 aromatic rings. The van der Waals surface area contributed by atoms with Crippen LogP contribution in [0.5, 0.6) is 0 Å². The van der Waals surface area contributed by atoms with Crippen LogP contribution in [0.15, 0.2) is 84.9 Å². The predicted molar refractivity (Wildman–Crippen MR) is 160 cm³/mol. The van der Waals surface area contributed by atoms with Crippen LogP contribution in [0, 0.1) is 0 Å². The van der Waals surface area contributed by atoms with Crippen molar-refractivity contribution in [3.63, 3.8) is 0 Å². The molecule has 0 unspecified atom stereocenters. The van der Waals surface area contributed by atoms with Crippen LogP contribution in [0.3, 0.4) is 0 Å². The van der Waals surface area contributed by atoms with Crippen LogP contribution < -0.4 is 10.6 Å². The molecule has 0 saturated carbocycles. The zero-order chi connectivity index (χ0) is 28.6. The van der Waals surface area contributed by atoms with Gasteiger partial charge in [-0.1, -0.05) is 85.8 Å². The molecule has 214 valence electrons. The highest BCUT2D eigenvalue weighted by atomic mass is 16.2. The molecule has 5 rings (SSSR count). The molecule has 2 aliphatic heterocycles. The molecule has 0 bridgehead atoms. The number of carbonyl (C=O) groups excluding carboxylic acids is 3. The van der Waals surface area contributed by atoms with Crippen LogP contribution in [0.1, 0.15) is 36.1 Å². The van der Waals surface area contributed by atoms with E-state index in [0.29, 0.717) is 13.1 Å². The molecular weight excluding hydrogens is 514 g/mol. The average Bonchev–Trinajstić information content (AvgIpc) is 3.00. The third kappa shape index (κ3) is 7.01. The molecule has 2 N–H and O–H groups in total. The van der Waals surface area contributed by atoms with Crippen LogP contribution in [0.4, 0.5) is 5.69 Å². The first kappa shape index (κ1) is 28.5. The molecule has 0 radical (unpaired) electrons. The van der Waals surface area contributed by atoms with Gasteiger partial charge in [0.15, 0.2) is 0 Å². The summed E-state index contributed by atoms with van der Waals surface area (Å²) in [5.41, 5.74) is 4.29. The number of hydrogen-bond acceptors (Lipinski definition) is 5. The quantitative estimate of drug-likeness (QED) is 0.425. The van der Waals surface area contributed by atoms with Crippen molar-refractivity contribution in [2.45, 2.75) is 31.8 Å². The highest BCUT2D eigenvalue weighted by molar-refractivity contribution is 5.98. The smallest absolute Gasteiger partial charge is 0.243 e. The van der Waals surface area contributed by atoms with Gasteiger partial charge >= 0.3 is 0 Å². The lowest BCUT2D eigenvalue weighted by Crippen LogP contribution is -2.60. The van der Waals surface area contributed by atoms with Gasteiger partial charge < -0.3 is 15.5 Å². The Kier molecular flexibility index (Phi) is 9.44. The Bertz CT molecular complexity index is 1290. The van der Waals surface area contributed by atoms with Gasteiger partial charge in [0.1, 0.15) is 6.04 Å². The van der Waals surface area contributed by atoms with Gasteiger partial charge in [-0.3, -0.25) is 24.2 Å². The summed E-state index contributed by atoms with van der Waals surface area (Å²) in [5, 5.41) is 5.77. The normalized spacial score (nSPS) is 18.2. The summed E-state index contributed by atoms with van der Waals surface area (Å²) < 4.78 is 0. The molecule has 41 heavy (non-hydrogen) atoms. The zero-order valence-electron chi connectivity index (χ0n) is 23.7. The van der Waals surface area contributed by atoms with Crippen LogP contribution in [-0.2, 0) is 20.8 Å². The Labute approximate surface area is 242 Å². The summed E-state index contributed by atoms with van der Waals surface area (Å²) in [6.45, 7) is 6.21. The molecule has 0 aliphatic carbocycles. The van der Waals surface area contributed by atoms with Crippen LogP contribution in [0.25, 0.3) is 0 Å². The van der Waals surface area contributed by atoms with E-state index in [-0.39, 0.29) is 36.7 Å². The predicted octanol–water partition coefficient (Wildman–Crippen LogP) is 3.31. The monoisotopic (exact) mass is 553 g/mol. The van der Waals surface area contributed by atoms with E-state index in [4.69, 9.17) is 0 Å². The summed E-state index contributed by atoms with van der Waals surface area (Å²) >= 11 is 0. The van der Waals surface area contributed by atoms with E-state index in [1.54, 1.807) is 4.90 Å². The van der Waals surface area contributed by atoms with Gasteiger partial charge in [0.2, 0.25) is 17.7 Å². The number of para-hydroxylation sites is 1. The molecule has 3 amide bonds. The molecule has 1 atom stereocenters. The lowest BCUT2D eigenvalue weighted by molar-refractivity contribution is -0.145. The topological polar surface area (TPSA) is 85.0 Å². The van der Waals surface area contributed by atoms with E-state index in [2.05, 4.69) is 69.0 Å². The van der Waals surface area contributed by atoms with Crippen molar-refractivity contribution < 1.29 is 14.4 Å². The Morgan fingerprint density at radius 1 is 0.854 bits per heavy atom. The minimum atomic E-state index is -0.813. The van der Waals surface area contributed by atoms with Crippen molar-refractivity contribution >= 4 is 23.4 Å². The van der Waals surface area contributed by atoms with E-state index in [0.717, 1.165) is 43.9 Å². The lowest BCUT2D eigenvalue weighted by Gasteiger charge is -2.41. The molecule has 8 nitrogen and oxygen atoms in total. The van der Waals surface area contributed by atoms with Crippen LogP contribution in [0.2, 0.25) is 0 Å². The summed E-state index contributed by atoms with van der Waals surface area (Å²) in [7, 11) is 0. The first-order valence-corrected chi connectivity index (χ1v) is 14.5. The minimum absolute atomic E-state index is 0.0702. The Balaban J connectivity index is 1.20. The van der Waals surface area contributed by atoms with Crippen LogP contribution >= 0.6 is 0 Å². The van der Waals surface area contributed by atoms with Gasteiger partial charge in [-0.2, -0.15) is 0 Å². The molecule has 2 heterocycles. The van der Waals surface area contributed by atoms with Crippen molar-refractivity contribution in [1.82, 2.24) is 20.0 Å². The van der Waals surface area contributed by atoms with Gasteiger partial charge in [-0.05, 0) is 29.2 Å². The van der Waals surface area contributed by atoms with Crippen molar-refractivity contribution in [3.05, 3.63) is 102 Å². The molecule has 0 spiro atoms. The maximum Gasteiger partial charge on any atom is 0.243 e. The number of benzene rings is 3. The van der Waals surface area contributed by atoms with E-state index < -0.39 is 6.04 Å². The van der Waals surface area contributed by atoms with Gasteiger partial charge in [-0.25, -0.2) is 0 Å². The Hall–Kier alpha value is -4.01. The van der Waals surface area contributed by atoms with Crippen molar-refractivity contribution in [2.75, 3.05) is 51.1 Å². The Morgan fingerprint density at radius 2 is 1.46 bits per heavy atom. The fourth-order valence-electron chi connectivity index (χ4n) is 5.89. The van der Waals surface area contributed by atoms with E-state index in [1.165, 1.54) is 11.1 Å². The molecular formula is C33H39N5O3. The second-order valence-corrected chi connectivity index (χ2v) is 10.7. The lowest BCUT2D eigenvalue weighted by atomic mass is 9.96. The maximum atomic E-state index is 13.5. The third-order valence-electron chi connectivity index (χ3n) is 8.06. The summed E-state index contributed by atoms with van der Waals surface area (Å²) in [6.07, 6.45) is 0.717.